The summed E-state index contributed by atoms with van der Waals surface area (Å²) in [5.74, 6) is -6.99. The third kappa shape index (κ3) is 33.1. The molecule has 0 rings (SSSR count). The van der Waals surface area contributed by atoms with Crippen LogP contribution in [-0.4, -0.2) is 140 Å². The lowest BCUT2D eigenvalue weighted by molar-refractivity contribution is -0.156. The molecule has 0 bridgehead atoms. The highest BCUT2D eigenvalue weighted by Gasteiger charge is 2.32. The molecule has 0 aliphatic rings. The van der Waals surface area contributed by atoms with Crippen LogP contribution in [0.4, 0.5) is 0 Å². The van der Waals surface area contributed by atoms with Crippen LogP contribution in [0.3, 0.4) is 0 Å². The summed E-state index contributed by atoms with van der Waals surface area (Å²) in [5.41, 5.74) is 5.68. The zero-order valence-corrected chi connectivity index (χ0v) is 38.8. The van der Waals surface area contributed by atoms with Crippen LogP contribution in [0.25, 0.3) is 10.4 Å². The van der Waals surface area contributed by atoms with Crippen LogP contribution >= 0.6 is 0 Å². The van der Waals surface area contributed by atoms with Crippen LogP contribution < -0.4 is 26.6 Å². The van der Waals surface area contributed by atoms with Crippen molar-refractivity contribution in [3.05, 3.63) is 10.4 Å². The second-order valence-electron chi connectivity index (χ2n) is 17.5. The number of esters is 3. The van der Waals surface area contributed by atoms with E-state index < -0.39 is 95.5 Å². The van der Waals surface area contributed by atoms with Crippen LogP contribution in [0.15, 0.2) is 5.11 Å². The molecule has 0 aliphatic carbocycles. The van der Waals surface area contributed by atoms with Gasteiger partial charge < -0.3 is 55.4 Å². The van der Waals surface area contributed by atoms with E-state index in [-0.39, 0.29) is 83.8 Å². The second kappa shape index (κ2) is 30.5. The zero-order chi connectivity index (χ0) is 48.9. The summed E-state index contributed by atoms with van der Waals surface area (Å²) in [4.78, 5) is 118. The van der Waals surface area contributed by atoms with E-state index in [1.807, 2.05) is 0 Å². The Labute approximate surface area is 374 Å². The summed E-state index contributed by atoms with van der Waals surface area (Å²) in [6.45, 7) is 14.6. The highest BCUT2D eigenvalue weighted by atomic mass is 16.6. The SMILES string of the molecule is CC(C)(C)OC(=O)CC[C@@H](NC(=O)COCCOCCNC(=O)CCCCN=[N+]=[N-])C(=O)N[C@H](CCC(=O)OC(C)(C)C)C(=O)N[C@H](CCC(=O)OC(C)(C)C)C(=O)NCCC(=O)O. The van der Waals surface area contributed by atoms with Crippen LogP contribution in [-0.2, 0) is 66.8 Å². The van der Waals surface area contributed by atoms with Crippen LogP contribution in [0.2, 0.25) is 0 Å². The van der Waals surface area contributed by atoms with Crippen molar-refractivity contribution >= 4 is 53.4 Å². The van der Waals surface area contributed by atoms with Crippen molar-refractivity contribution in [1.82, 2.24) is 26.6 Å². The fraction of sp³-hybridized carbons (Fsp3) is 0.780. The van der Waals surface area contributed by atoms with Crippen molar-refractivity contribution in [3.8, 4) is 0 Å². The monoisotopic (exact) mass is 914 g/mol. The summed E-state index contributed by atoms with van der Waals surface area (Å²) < 4.78 is 26.8. The number of rotatable bonds is 31. The number of nitrogens with one attached hydrogen (secondary N) is 5. The van der Waals surface area contributed by atoms with Crippen LogP contribution in [0.5, 0.6) is 0 Å². The topological polar surface area (TPSA) is 329 Å². The minimum Gasteiger partial charge on any atom is -0.481 e. The fourth-order valence-corrected chi connectivity index (χ4v) is 5.22. The molecule has 0 spiro atoms. The molecule has 6 N–H and O–H groups in total. The molecule has 0 unspecified atom stereocenters. The van der Waals surface area contributed by atoms with Gasteiger partial charge in [0.2, 0.25) is 29.5 Å². The Morgan fingerprint density at radius 3 is 1.45 bits per heavy atom. The van der Waals surface area contributed by atoms with Gasteiger partial charge in [-0.2, -0.15) is 0 Å². The molecule has 0 aromatic rings. The normalized spacial score (nSPS) is 12.8. The molecule has 3 atom stereocenters. The first-order valence-electron chi connectivity index (χ1n) is 21.2. The molecule has 0 saturated heterocycles. The number of carboxylic acid groups (broad SMARTS) is 1. The van der Waals surface area contributed by atoms with Gasteiger partial charge in [0, 0.05) is 50.2 Å². The average molecular weight is 915 g/mol. The van der Waals surface area contributed by atoms with E-state index in [1.165, 1.54) is 0 Å². The van der Waals surface area contributed by atoms with Crippen molar-refractivity contribution in [2.24, 2.45) is 5.11 Å². The molecule has 0 aliphatic heterocycles. The van der Waals surface area contributed by atoms with Gasteiger partial charge in [-0.15, -0.1) is 0 Å². The maximum Gasteiger partial charge on any atom is 0.306 e. The largest absolute Gasteiger partial charge is 0.481 e. The number of amides is 5. The summed E-state index contributed by atoms with van der Waals surface area (Å²) in [6, 6.07) is -4.41. The molecule has 23 heteroatoms. The molecular formula is C41H70N8O15. The standard InChI is InChI=1S/C41H70N8O15/c1-39(2,3)62-33(54)16-13-27(36(57)44-21-19-32(52)53)47-38(59)29(15-18-35(56)64-41(7,8)9)48-37(58)28(14-17-34(55)63-40(4,5)6)46-31(51)26-61-25-24-60-23-22-43-30(50)12-10-11-20-45-49-42/h27-29H,10-26H2,1-9H3,(H,43,50)(H,44,57)(H,46,51)(H,47,59)(H,48,58)(H,52,53)/t27-,28-,29-/m1/s1. The van der Waals surface area contributed by atoms with Crippen LogP contribution in [0, 0.1) is 0 Å². The van der Waals surface area contributed by atoms with Crippen molar-refractivity contribution in [2.45, 2.75) is 161 Å². The van der Waals surface area contributed by atoms with Gasteiger partial charge in [0.15, 0.2) is 0 Å². The Balaban J connectivity index is 6.01. The average Bonchev–Trinajstić information content (AvgIpc) is 3.15. The number of carbonyl (C=O) groups excluding carboxylic acids is 8. The van der Waals surface area contributed by atoms with Crippen molar-refractivity contribution < 1.29 is 71.9 Å². The number of nitrogens with zero attached hydrogens (tertiary/aromatic N) is 3. The molecule has 23 nitrogen and oxygen atoms in total. The minimum atomic E-state index is -1.54. The lowest BCUT2D eigenvalue weighted by atomic mass is 10.1. The van der Waals surface area contributed by atoms with Crippen molar-refractivity contribution in [1.29, 1.82) is 0 Å². The van der Waals surface area contributed by atoms with Gasteiger partial charge >= 0.3 is 23.9 Å². The van der Waals surface area contributed by atoms with E-state index >= 15 is 0 Å². The zero-order valence-electron chi connectivity index (χ0n) is 38.8. The quantitative estimate of drug-likeness (QED) is 0.0145. The first kappa shape index (κ1) is 58.5. The third-order valence-electron chi connectivity index (χ3n) is 7.88. The molecule has 0 aromatic heterocycles. The van der Waals surface area contributed by atoms with Gasteiger partial charge in [0.05, 0.1) is 26.2 Å². The maximum atomic E-state index is 13.9. The molecule has 0 fully saturated rings. The Hall–Kier alpha value is -5.54. The molecule has 64 heavy (non-hydrogen) atoms. The molecule has 5 amide bonds. The number of carboxylic acids is 1. The number of unbranched alkanes of at least 4 members (excludes halogenated alkanes) is 1. The van der Waals surface area contributed by atoms with E-state index in [9.17, 15) is 43.2 Å². The third-order valence-corrected chi connectivity index (χ3v) is 7.88. The smallest absolute Gasteiger partial charge is 0.306 e. The highest BCUT2D eigenvalue weighted by molar-refractivity contribution is 5.95. The van der Waals surface area contributed by atoms with Gasteiger partial charge in [-0.25, -0.2) is 0 Å². The summed E-state index contributed by atoms with van der Waals surface area (Å²) in [6.07, 6.45) is -1.02. The van der Waals surface area contributed by atoms with E-state index in [0.29, 0.717) is 19.4 Å². The lowest BCUT2D eigenvalue weighted by Crippen LogP contribution is -2.57. The molecular weight excluding hydrogens is 844 g/mol. The summed E-state index contributed by atoms with van der Waals surface area (Å²) in [5, 5.41) is 25.0. The predicted octanol–water partition coefficient (Wildman–Crippen LogP) is 2.03. The van der Waals surface area contributed by atoms with Gasteiger partial charge in [-0.05, 0) is 99.9 Å². The lowest BCUT2D eigenvalue weighted by Gasteiger charge is -2.26. The Bertz CT molecular complexity index is 1600. The van der Waals surface area contributed by atoms with Gasteiger partial charge in [-0.1, -0.05) is 5.11 Å². The van der Waals surface area contributed by atoms with Gasteiger partial charge in [-0.3, -0.25) is 43.2 Å². The number of hydrogen-bond acceptors (Lipinski definition) is 15. The summed E-state index contributed by atoms with van der Waals surface area (Å²) >= 11 is 0. The first-order valence-corrected chi connectivity index (χ1v) is 21.2. The first-order chi connectivity index (χ1) is 29.7. The number of ether oxygens (including phenoxy) is 5. The minimum absolute atomic E-state index is 0.0402. The maximum absolute atomic E-state index is 13.9. The van der Waals surface area contributed by atoms with E-state index in [4.69, 9.17) is 34.3 Å². The number of carbonyl (C=O) groups is 9. The fourth-order valence-electron chi connectivity index (χ4n) is 5.22. The molecule has 0 saturated carbocycles. The number of azide groups is 1. The molecule has 0 aromatic carbocycles. The molecule has 0 heterocycles. The summed E-state index contributed by atoms with van der Waals surface area (Å²) in [7, 11) is 0. The number of aliphatic carboxylic acids is 1. The Kier molecular flexibility index (Phi) is 27.9. The second-order valence-corrected chi connectivity index (χ2v) is 17.5. The number of hydrogen-bond donors (Lipinski definition) is 6. The van der Waals surface area contributed by atoms with Gasteiger partial charge in [0.25, 0.3) is 0 Å². The van der Waals surface area contributed by atoms with Crippen molar-refractivity contribution in [3.63, 3.8) is 0 Å². The van der Waals surface area contributed by atoms with Crippen molar-refractivity contribution in [2.75, 3.05) is 46.1 Å². The van der Waals surface area contributed by atoms with Gasteiger partial charge in [0.1, 0.15) is 41.5 Å². The predicted molar refractivity (Wildman–Crippen MR) is 229 cm³/mol. The Morgan fingerprint density at radius 1 is 0.547 bits per heavy atom. The van der Waals surface area contributed by atoms with Crippen LogP contribution in [0.1, 0.15) is 127 Å². The van der Waals surface area contributed by atoms with E-state index in [1.54, 1.807) is 62.3 Å². The van der Waals surface area contributed by atoms with E-state index in [0.717, 1.165) is 0 Å². The highest BCUT2D eigenvalue weighted by Crippen LogP contribution is 2.14. The molecule has 364 valence electrons. The van der Waals surface area contributed by atoms with E-state index in [2.05, 4.69) is 36.6 Å². The Morgan fingerprint density at radius 2 is 1.00 bits per heavy atom. The molecule has 0 radical (unpaired) electrons.